The molecule has 8 heteroatoms. The Hall–Kier alpha value is -3.16. The van der Waals surface area contributed by atoms with Gasteiger partial charge in [0.25, 0.3) is 5.91 Å². The van der Waals surface area contributed by atoms with Crippen molar-refractivity contribution < 1.29 is 9.59 Å². The fraction of sp³-hybridized carbons (Fsp3) is 0.520. The van der Waals surface area contributed by atoms with E-state index in [0.29, 0.717) is 25.3 Å². The van der Waals surface area contributed by atoms with Crippen molar-refractivity contribution >= 4 is 23.3 Å². The number of hydrogen-bond donors (Lipinski definition) is 1. The number of rotatable bonds is 3. The predicted octanol–water partition coefficient (Wildman–Crippen LogP) is 2.78. The third kappa shape index (κ3) is 3.92. The van der Waals surface area contributed by atoms with Crippen LogP contribution in [0.3, 0.4) is 0 Å². The molecule has 8 nitrogen and oxygen atoms in total. The Bertz CT molecular complexity index is 1100. The van der Waals surface area contributed by atoms with Crippen LogP contribution in [0.15, 0.2) is 18.2 Å². The lowest BCUT2D eigenvalue weighted by Gasteiger charge is -2.31. The molecule has 0 aliphatic carbocycles. The molecule has 1 aromatic carbocycles. The number of nitrogens with zero attached hydrogens (tertiary/aromatic N) is 5. The second kappa shape index (κ2) is 8.65. The molecule has 0 unspecified atom stereocenters. The van der Waals surface area contributed by atoms with E-state index in [4.69, 9.17) is 9.97 Å². The molecule has 3 aliphatic heterocycles. The summed E-state index contributed by atoms with van der Waals surface area (Å²) in [5.41, 5.74) is 5.18. The Morgan fingerprint density at radius 1 is 1.09 bits per heavy atom. The summed E-state index contributed by atoms with van der Waals surface area (Å²) in [5, 5.41) is 3.21. The van der Waals surface area contributed by atoms with Gasteiger partial charge < -0.3 is 20.0 Å². The highest BCUT2D eigenvalue weighted by Gasteiger charge is 2.33. The van der Waals surface area contributed by atoms with E-state index in [1.165, 1.54) is 11.3 Å². The zero-order valence-electron chi connectivity index (χ0n) is 19.7. The molecule has 5 rings (SSSR count). The van der Waals surface area contributed by atoms with Crippen LogP contribution in [0.1, 0.15) is 65.2 Å². The van der Waals surface area contributed by atoms with Crippen LogP contribution in [0, 0.1) is 0 Å². The summed E-state index contributed by atoms with van der Waals surface area (Å²) in [4.78, 5) is 41.2. The third-order valence-electron chi connectivity index (χ3n) is 7.24. The number of likely N-dealkylation sites (tertiary alicyclic amines) is 1. The average molecular weight is 449 g/mol. The van der Waals surface area contributed by atoms with Crippen molar-refractivity contribution in [3.63, 3.8) is 0 Å². The number of fused-ring (bicyclic) bond motifs is 2. The van der Waals surface area contributed by atoms with Crippen LogP contribution in [0.2, 0.25) is 0 Å². The largest absolute Gasteiger partial charge is 0.374 e. The van der Waals surface area contributed by atoms with Gasteiger partial charge in [-0.15, -0.1) is 0 Å². The second-order valence-electron chi connectivity index (χ2n) is 9.32. The van der Waals surface area contributed by atoms with Crippen LogP contribution in [-0.2, 0) is 24.2 Å². The van der Waals surface area contributed by atoms with E-state index >= 15 is 0 Å². The number of nitrogens with one attached hydrogen (secondary N) is 1. The number of carbonyl (C=O) groups excluding carboxylic acids is 2. The van der Waals surface area contributed by atoms with Crippen LogP contribution < -0.4 is 10.2 Å². The zero-order chi connectivity index (χ0) is 23.1. The maximum absolute atomic E-state index is 13.4. The molecule has 2 amide bonds. The van der Waals surface area contributed by atoms with Crippen molar-refractivity contribution in [2.75, 3.05) is 43.9 Å². The molecular formula is C25H32N6O2. The number of aryl methyl sites for hydroxylation is 1. The van der Waals surface area contributed by atoms with E-state index < -0.39 is 0 Å². The minimum absolute atomic E-state index is 0.0501. The minimum atomic E-state index is -0.0939. The number of aromatic nitrogens is 2. The van der Waals surface area contributed by atoms with Gasteiger partial charge >= 0.3 is 0 Å². The van der Waals surface area contributed by atoms with Crippen molar-refractivity contribution in [1.82, 2.24) is 19.8 Å². The molecule has 4 heterocycles. The monoisotopic (exact) mass is 448 g/mol. The van der Waals surface area contributed by atoms with Crippen molar-refractivity contribution in [1.29, 1.82) is 0 Å². The molecule has 1 fully saturated rings. The molecule has 1 N–H and O–H groups in total. The van der Waals surface area contributed by atoms with Gasteiger partial charge in [0, 0.05) is 57.5 Å². The first-order valence-electron chi connectivity index (χ1n) is 11.9. The predicted molar refractivity (Wildman–Crippen MR) is 127 cm³/mol. The highest BCUT2D eigenvalue weighted by Crippen LogP contribution is 2.33. The molecule has 0 bridgehead atoms. The fourth-order valence-corrected chi connectivity index (χ4v) is 5.49. The van der Waals surface area contributed by atoms with Gasteiger partial charge in [-0.05, 0) is 55.9 Å². The van der Waals surface area contributed by atoms with Gasteiger partial charge in [0.2, 0.25) is 5.91 Å². The Kier molecular flexibility index (Phi) is 5.68. The quantitative estimate of drug-likeness (QED) is 0.778. The van der Waals surface area contributed by atoms with Gasteiger partial charge in [0.05, 0.1) is 18.3 Å². The highest BCUT2D eigenvalue weighted by molar-refractivity contribution is 5.95. The first-order valence-corrected chi connectivity index (χ1v) is 11.9. The van der Waals surface area contributed by atoms with Crippen LogP contribution in [-0.4, -0.2) is 65.3 Å². The first-order chi connectivity index (χ1) is 16.0. The molecule has 0 radical (unpaired) electrons. The van der Waals surface area contributed by atoms with Crippen LogP contribution in [0.4, 0.5) is 11.5 Å². The summed E-state index contributed by atoms with van der Waals surface area (Å²) in [6, 6.07) is 6.00. The average Bonchev–Trinajstić information content (AvgIpc) is 3.33. The van der Waals surface area contributed by atoms with E-state index in [1.807, 2.05) is 22.9 Å². The molecule has 0 saturated carbocycles. The van der Waals surface area contributed by atoms with E-state index in [9.17, 15) is 9.59 Å². The Morgan fingerprint density at radius 3 is 2.73 bits per heavy atom. The molecule has 1 saturated heterocycles. The van der Waals surface area contributed by atoms with Gasteiger partial charge in [-0.3, -0.25) is 9.59 Å². The van der Waals surface area contributed by atoms with Crippen LogP contribution in [0.25, 0.3) is 0 Å². The molecule has 33 heavy (non-hydrogen) atoms. The van der Waals surface area contributed by atoms with Crippen molar-refractivity contribution in [3.8, 4) is 0 Å². The molecule has 174 valence electrons. The Labute approximate surface area is 195 Å². The molecule has 3 aliphatic rings. The van der Waals surface area contributed by atoms with Crippen LogP contribution >= 0.6 is 0 Å². The van der Waals surface area contributed by atoms with Crippen molar-refractivity contribution in [2.45, 2.75) is 51.6 Å². The molecule has 1 atom stereocenters. The van der Waals surface area contributed by atoms with Gasteiger partial charge in [0.1, 0.15) is 5.82 Å². The smallest absolute Gasteiger partial charge is 0.254 e. The number of amides is 2. The van der Waals surface area contributed by atoms with Crippen molar-refractivity contribution in [2.24, 2.45) is 0 Å². The summed E-state index contributed by atoms with van der Waals surface area (Å²) in [6.45, 7) is 4.51. The maximum Gasteiger partial charge on any atom is 0.254 e. The zero-order valence-corrected chi connectivity index (χ0v) is 19.7. The van der Waals surface area contributed by atoms with Gasteiger partial charge in [-0.25, -0.2) is 9.97 Å². The summed E-state index contributed by atoms with van der Waals surface area (Å²) in [6.07, 6.45) is 4.67. The molecular weight excluding hydrogens is 416 g/mol. The highest BCUT2D eigenvalue weighted by atomic mass is 16.2. The number of benzene rings is 1. The van der Waals surface area contributed by atoms with Gasteiger partial charge in [-0.2, -0.15) is 0 Å². The van der Waals surface area contributed by atoms with E-state index in [0.717, 1.165) is 61.4 Å². The topological polar surface area (TPSA) is 81.7 Å². The van der Waals surface area contributed by atoms with E-state index in [1.54, 1.807) is 6.92 Å². The normalized spacial score (nSPS) is 19.8. The lowest BCUT2D eigenvalue weighted by Crippen LogP contribution is -2.38. The van der Waals surface area contributed by atoms with Gasteiger partial charge in [0.15, 0.2) is 5.82 Å². The van der Waals surface area contributed by atoms with Gasteiger partial charge in [-0.1, -0.05) is 0 Å². The molecule has 0 spiro atoms. The van der Waals surface area contributed by atoms with Crippen LogP contribution in [0.5, 0.6) is 0 Å². The number of anilines is 2. The first kappa shape index (κ1) is 21.7. The lowest BCUT2D eigenvalue weighted by molar-refractivity contribution is -0.129. The standard InChI is InChI=1S/C25H32N6O2/c1-16(32)31-12-5-7-22(31)24-27-20-15-30(13-10-19(20)23(26-2)28-24)25(33)18-8-9-21-17(14-18)6-4-11-29(21)3/h8-9,14,22H,4-7,10-13,15H2,1-3H3,(H,26,27,28)/t22-/m1/s1. The number of carbonyl (C=O) groups is 2. The molecule has 1 aromatic heterocycles. The summed E-state index contributed by atoms with van der Waals surface area (Å²) >= 11 is 0. The maximum atomic E-state index is 13.4. The number of hydrogen-bond acceptors (Lipinski definition) is 6. The molecule has 2 aromatic rings. The summed E-state index contributed by atoms with van der Waals surface area (Å²) in [5.74, 6) is 1.60. The fourth-order valence-electron chi connectivity index (χ4n) is 5.49. The Morgan fingerprint density at radius 2 is 1.94 bits per heavy atom. The minimum Gasteiger partial charge on any atom is -0.374 e. The second-order valence-corrected chi connectivity index (χ2v) is 9.32. The van der Waals surface area contributed by atoms with E-state index in [2.05, 4.69) is 29.4 Å². The summed E-state index contributed by atoms with van der Waals surface area (Å²) < 4.78 is 0. The SMILES string of the molecule is CNc1nc([C@H]2CCCN2C(C)=O)nc2c1CCN(C(=O)c1ccc3c(c1)CCCN3C)C2. The van der Waals surface area contributed by atoms with Crippen molar-refractivity contribution in [3.05, 3.63) is 46.4 Å². The third-order valence-corrected chi connectivity index (χ3v) is 7.24. The lowest BCUT2D eigenvalue weighted by atomic mass is 9.98. The Balaban J connectivity index is 1.42. The summed E-state index contributed by atoms with van der Waals surface area (Å²) in [7, 11) is 3.97. The van der Waals surface area contributed by atoms with E-state index in [-0.39, 0.29) is 17.9 Å².